The molecule has 0 aromatic carbocycles. The highest BCUT2D eigenvalue weighted by Crippen LogP contribution is 2.35. The van der Waals surface area contributed by atoms with Crippen LogP contribution in [0.5, 0.6) is 0 Å². The van der Waals surface area contributed by atoms with Crippen molar-refractivity contribution in [3.63, 3.8) is 0 Å². The van der Waals surface area contributed by atoms with Gasteiger partial charge in [0.25, 0.3) is 0 Å². The van der Waals surface area contributed by atoms with E-state index in [-0.39, 0.29) is 5.41 Å². The molecule has 0 bridgehead atoms. The first-order valence-electron chi connectivity index (χ1n) is 6.46. The number of hydrogen-bond donors (Lipinski definition) is 0. The van der Waals surface area contributed by atoms with E-state index in [4.69, 9.17) is 0 Å². The van der Waals surface area contributed by atoms with Gasteiger partial charge in [0.2, 0.25) is 0 Å². The average molecular weight is 222 g/mol. The van der Waals surface area contributed by atoms with Crippen molar-refractivity contribution >= 4 is 0 Å². The fourth-order valence-corrected chi connectivity index (χ4v) is 1.27. The highest BCUT2D eigenvalue weighted by Gasteiger charge is 2.24. The maximum absolute atomic E-state index is 3.71. The van der Waals surface area contributed by atoms with Gasteiger partial charge in [0.15, 0.2) is 0 Å². The Morgan fingerprint density at radius 3 is 2.06 bits per heavy atom. The summed E-state index contributed by atoms with van der Waals surface area (Å²) in [6, 6.07) is 0. The van der Waals surface area contributed by atoms with Crippen LogP contribution in [0.1, 0.15) is 54.9 Å². The van der Waals surface area contributed by atoms with Crippen molar-refractivity contribution in [1.29, 1.82) is 0 Å². The van der Waals surface area contributed by atoms with E-state index in [1.165, 1.54) is 5.57 Å². The molecule has 0 spiro atoms. The van der Waals surface area contributed by atoms with Gasteiger partial charge in [-0.05, 0) is 23.3 Å². The average Bonchev–Trinajstić information content (AvgIpc) is 2.26. The standard InChI is InChI=1S/C14H24.C2H6/c1-7-9-11-13(10-8-2)14(5,6)12(3)4;1-2/h7,9-12H,1,8H2,2-6H3;1-2H3/b11-9-,13-10+;. The third-order valence-corrected chi connectivity index (χ3v) is 3.02. The first kappa shape index (κ1) is 17.6. The van der Waals surface area contributed by atoms with Gasteiger partial charge in [-0.3, -0.25) is 0 Å². The topological polar surface area (TPSA) is 0 Å². The number of rotatable bonds is 5. The molecule has 0 rings (SSSR count). The summed E-state index contributed by atoms with van der Waals surface area (Å²) in [5.41, 5.74) is 1.66. The summed E-state index contributed by atoms with van der Waals surface area (Å²) < 4.78 is 0. The summed E-state index contributed by atoms with van der Waals surface area (Å²) in [6.45, 7) is 19.0. The molecule has 0 nitrogen and oxygen atoms in total. The van der Waals surface area contributed by atoms with Crippen molar-refractivity contribution in [2.24, 2.45) is 11.3 Å². The molecule has 0 saturated heterocycles. The molecule has 0 atom stereocenters. The predicted octanol–water partition coefficient (Wildman–Crippen LogP) is 5.77. The molecule has 0 aliphatic carbocycles. The number of allylic oxidation sites excluding steroid dienone is 5. The zero-order valence-electron chi connectivity index (χ0n) is 12.3. The van der Waals surface area contributed by atoms with Crippen LogP contribution in [0.4, 0.5) is 0 Å². The molecule has 0 radical (unpaired) electrons. The molecule has 0 aromatic rings. The minimum atomic E-state index is 0.246. The minimum Gasteiger partial charge on any atom is -0.0991 e. The van der Waals surface area contributed by atoms with Crippen LogP contribution in [0, 0.1) is 11.3 Å². The van der Waals surface area contributed by atoms with Crippen molar-refractivity contribution in [1.82, 2.24) is 0 Å². The van der Waals surface area contributed by atoms with Crippen molar-refractivity contribution < 1.29 is 0 Å². The summed E-state index contributed by atoms with van der Waals surface area (Å²) in [5.74, 6) is 0.648. The second-order valence-electron chi connectivity index (χ2n) is 4.54. The van der Waals surface area contributed by atoms with Crippen LogP contribution in [0.25, 0.3) is 0 Å². The van der Waals surface area contributed by atoms with E-state index in [0.29, 0.717) is 5.92 Å². The van der Waals surface area contributed by atoms with Crippen LogP contribution in [-0.4, -0.2) is 0 Å². The maximum atomic E-state index is 3.71. The Kier molecular flexibility index (Phi) is 10.4. The highest BCUT2D eigenvalue weighted by atomic mass is 14.3. The lowest BCUT2D eigenvalue weighted by atomic mass is 9.74. The quantitative estimate of drug-likeness (QED) is 0.518. The third-order valence-electron chi connectivity index (χ3n) is 3.02. The lowest BCUT2D eigenvalue weighted by Gasteiger charge is -2.31. The van der Waals surface area contributed by atoms with Gasteiger partial charge in [0, 0.05) is 0 Å². The van der Waals surface area contributed by atoms with E-state index in [1.54, 1.807) is 0 Å². The monoisotopic (exact) mass is 222 g/mol. The summed E-state index contributed by atoms with van der Waals surface area (Å²) >= 11 is 0. The van der Waals surface area contributed by atoms with Gasteiger partial charge in [0.05, 0.1) is 0 Å². The Bertz CT molecular complexity index is 226. The largest absolute Gasteiger partial charge is 0.0991 e. The van der Waals surface area contributed by atoms with E-state index in [0.717, 1.165) is 6.42 Å². The molecule has 0 saturated carbocycles. The van der Waals surface area contributed by atoms with Crippen LogP contribution >= 0.6 is 0 Å². The van der Waals surface area contributed by atoms with Crippen molar-refractivity contribution in [2.45, 2.75) is 54.9 Å². The van der Waals surface area contributed by atoms with Gasteiger partial charge in [-0.1, -0.05) is 79.3 Å². The fourth-order valence-electron chi connectivity index (χ4n) is 1.27. The molecule has 0 heterocycles. The van der Waals surface area contributed by atoms with Gasteiger partial charge in [0.1, 0.15) is 0 Å². The normalized spacial score (nSPS) is 12.6. The van der Waals surface area contributed by atoms with E-state index in [9.17, 15) is 0 Å². The number of hydrogen-bond acceptors (Lipinski definition) is 0. The second-order valence-corrected chi connectivity index (χ2v) is 4.54. The molecule has 16 heavy (non-hydrogen) atoms. The van der Waals surface area contributed by atoms with E-state index >= 15 is 0 Å². The fraction of sp³-hybridized carbons (Fsp3) is 0.625. The third kappa shape index (κ3) is 5.95. The van der Waals surface area contributed by atoms with E-state index in [2.05, 4.69) is 53.3 Å². The summed E-state index contributed by atoms with van der Waals surface area (Å²) in [6.07, 6.45) is 9.43. The minimum absolute atomic E-state index is 0.246. The van der Waals surface area contributed by atoms with E-state index < -0.39 is 0 Å². The molecule has 94 valence electrons. The van der Waals surface area contributed by atoms with Crippen LogP contribution in [0.2, 0.25) is 0 Å². The van der Waals surface area contributed by atoms with Gasteiger partial charge in [-0.25, -0.2) is 0 Å². The zero-order valence-corrected chi connectivity index (χ0v) is 12.3. The van der Waals surface area contributed by atoms with E-state index in [1.807, 2.05) is 26.0 Å². The van der Waals surface area contributed by atoms with Crippen molar-refractivity contribution in [3.8, 4) is 0 Å². The summed E-state index contributed by atoms with van der Waals surface area (Å²) in [4.78, 5) is 0. The maximum Gasteiger partial charge on any atom is -0.00837 e. The molecular weight excluding hydrogens is 192 g/mol. The SMILES string of the molecule is C=C/C=C\C(=C/CC)C(C)(C)C(C)C.CC. The van der Waals surface area contributed by atoms with Gasteiger partial charge >= 0.3 is 0 Å². The smallest absolute Gasteiger partial charge is 0.00837 e. The van der Waals surface area contributed by atoms with Gasteiger partial charge in [-0.15, -0.1) is 0 Å². The van der Waals surface area contributed by atoms with Crippen LogP contribution in [0.3, 0.4) is 0 Å². The van der Waals surface area contributed by atoms with Crippen LogP contribution < -0.4 is 0 Å². The predicted molar refractivity (Wildman–Crippen MR) is 77.7 cm³/mol. The molecule has 0 aliphatic rings. The second kappa shape index (κ2) is 9.45. The Morgan fingerprint density at radius 2 is 1.75 bits per heavy atom. The summed E-state index contributed by atoms with van der Waals surface area (Å²) in [5, 5.41) is 0. The molecule has 0 heteroatoms. The first-order chi connectivity index (χ1) is 7.46. The van der Waals surface area contributed by atoms with Crippen LogP contribution in [0.15, 0.2) is 36.5 Å². The van der Waals surface area contributed by atoms with Gasteiger partial charge in [-0.2, -0.15) is 0 Å². The lowest BCUT2D eigenvalue weighted by molar-refractivity contribution is 0.316. The first-order valence-corrected chi connectivity index (χ1v) is 6.46. The molecule has 0 aliphatic heterocycles. The molecule has 0 N–H and O–H groups in total. The Hall–Kier alpha value is -0.780. The Balaban J connectivity index is 0. The molecule has 0 amide bonds. The molecule has 0 fully saturated rings. The summed E-state index contributed by atoms with van der Waals surface area (Å²) in [7, 11) is 0. The lowest BCUT2D eigenvalue weighted by Crippen LogP contribution is -2.21. The molecule has 0 unspecified atom stereocenters. The Morgan fingerprint density at radius 1 is 1.25 bits per heavy atom. The van der Waals surface area contributed by atoms with Gasteiger partial charge < -0.3 is 0 Å². The zero-order chi connectivity index (χ0) is 13.2. The van der Waals surface area contributed by atoms with Crippen LogP contribution in [-0.2, 0) is 0 Å². The van der Waals surface area contributed by atoms with Crippen molar-refractivity contribution in [3.05, 3.63) is 36.5 Å². The molecular formula is C16H30. The van der Waals surface area contributed by atoms with Crippen molar-refractivity contribution in [2.75, 3.05) is 0 Å². The highest BCUT2D eigenvalue weighted by molar-refractivity contribution is 5.28. The Labute approximate surface area is 103 Å². The molecule has 0 aromatic heterocycles.